The van der Waals surface area contributed by atoms with Gasteiger partial charge in [-0.15, -0.1) is 11.8 Å². The van der Waals surface area contributed by atoms with E-state index in [0.717, 1.165) is 10.2 Å². The van der Waals surface area contributed by atoms with Crippen molar-refractivity contribution in [2.24, 2.45) is 0 Å². The van der Waals surface area contributed by atoms with Crippen molar-refractivity contribution >= 4 is 50.9 Å². The van der Waals surface area contributed by atoms with Gasteiger partial charge in [0.05, 0.1) is 5.25 Å². The third-order valence-electron chi connectivity index (χ3n) is 3.26. The van der Waals surface area contributed by atoms with Crippen LogP contribution in [0.25, 0.3) is 0 Å². The van der Waals surface area contributed by atoms with Gasteiger partial charge in [0.2, 0.25) is 11.8 Å². The number of carbonyl (C=O) groups is 2. The Bertz CT molecular complexity index is 702. The third kappa shape index (κ3) is 6.02. The first-order valence-electron chi connectivity index (χ1n) is 7.48. The monoisotopic (exact) mass is 406 g/mol. The average molecular weight is 407 g/mol. The van der Waals surface area contributed by atoms with Crippen molar-refractivity contribution < 1.29 is 9.59 Å². The Labute approximate surface area is 154 Å². The van der Waals surface area contributed by atoms with E-state index in [9.17, 15) is 9.59 Å². The van der Waals surface area contributed by atoms with Crippen LogP contribution in [0.4, 0.5) is 11.4 Å². The van der Waals surface area contributed by atoms with Crippen LogP contribution in [0.5, 0.6) is 0 Å². The van der Waals surface area contributed by atoms with E-state index in [1.54, 1.807) is 36.0 Å². The molecule has 0 fully saturated rings. The van der Waals surface area contributed by atoms with Gasteiger partial charge in [-0.2, -0.15) is 0 Å². The number of amides is 2. The van der Waals surface area contributed by atoms with E-state index >= 15 is 0 Å². The molecule has 2 rings (SSSR count). The molecule has 2 aromatic carbocycles. The van der Waals surface area contributed by atoms with Crippen LogP contribution in [0.1, 0.15) is 19.4 Å². The van der Waals surface area contributed by atoms with Crippen molar-refractivity contribution in [1.29, 1.82) is 0 Å². The smallest absolute Gasteiger partial charge is 0.237 e. The Hall–Kier alpha value is -1.79. The minimum Gasteiger partial charge on any atom is -0.326 e. The van der Waals surface area contributed by atoms with E-state index < -0.39 is 0 Å². The molecular formula is C18H19BrN2O2S. The lowest BCUT2D eigenvalue weighted by Gasteiger charge is -2.12. The molecule has 24 heavy (non-hydrogen) atoms. The van der Waals surface area contributed by atoms with Crippen LogP contribution in [0, 0.1) is 0 Å². The minimum atomic E-state index is -0.163. The molecule has 6 heteroatoms. The van der Waals surface area contributed by atoms with Gasteiger partial charge >= 0.3 is 0 Å². The summed E-state index contributed by atoms with van der Waals surface area (Å²) in [5.41, 5.74) is 2.60. The average Bonchev–Trinajstić information content (AvgIpc) is 2.55. The Morgan fingerprint density at radius 3 is 2.08 bits per heavy atom. The zero-order chi connectivity index (χ0) is 17.5. The normalized spacial score (nSPS) is 11.6. The number of hydrogen-bond acceptors (Lipinski definition) is 3. The Morgan fingerprint density at radius 1 is 1.00 bits per heavy atom. The number of anilines is 2. The summed E-state index contributed by atoms with van der Waals surface area (Å²) in [5.74, 6) is 0.623. The molecule has 4 nitrogen and oxygen atoms in total. The number of halogens is 1. The second-order valence-electron chi connectivity index (χ2n) is 5.33. The SMILES string of the molecule is CC(=O)Nc1ccc(NC(=O)[C@H](C)SCc2ccc(Br)cc2)cc1. The Balaban J connectivity index is 1.84. The quantitative estimate of drug-likeness (QED) is 0.732. The molecule has 126 valence electrons. The molecule has 0 saturated carbocycles. The molecule has 1 atom stereocenters. The Kier molecular flexibility index (Phi) is 6.87. The molecule has 0 aliphatic heterocycles. The van der Waals surface area contributed by atoms with Crippen molar-refractivity contribution in [1.82, 2.24) is 0 Å². The van der Waals surface area contributed by atoms with Gasteiger partial charge in [-0.3, -0.25) is 9.59 Å². The predicted octanol–water partition coefficient (Wildman–Crippen LogP) is 4.67. The molecule has 2 aromatic rings. The molecule has 2 N–H and O–H groups in total. The largest absolute Gasteiger partial charge is 0.326 e. The van der Waals surface area contributed by atoms with Crippen molar-refractivity contribution in [3.63, 3.8) is 0 Å². The first-order chi connectivity index (χ1) is 11.4. The lowest BCUT2D eigenvalue weighted by Crippen LogP contribution is -2.22. The maximum absolute atomic E-state index is 12.2. The Morgan fingerprint density at radius 2 is 1.54 bits per heavy atom. The van der Waals surface area contributed by atoms with E-state index in [1.807, 2.05) is 31.2 Å². The summed E-state index contributed by atoms with van der Waals surface area (Å²) in [6.07, 6.45) is 0. The number of carbonyl (C=O) groups excluding carboxylic acids is 2. The number of benzene rings is 2. The van der Waals surface area contributed by atoms with Crippen LogP contribution < -0.4 is 10.6 Å². The van der Waals surface area contributed by atoms with Crippen LogP contribution in [-0.2, 0) is 15.3 Å². The maximum atomic E-state index is 12.2. The molecular weight excluding hydrogens is 388 g/mol. The topological polar surface area (TPSA) is 58.2 Å². The number of nitrogens with one attached hydrogen (secondary N) is 2. The highest BCUT2D eigenvalue weighted by molar-refractivity contribution is 9.10. The highest BCUT2D eigenvalue weighted by atomic mass is 79.9. The van der Waals surface area contributed by atoms with E-state index in [1.165, 1.54) is 12.5 Å². The van der Waals surface area contributed by atoms with Crippen molar-refractivity contribution in [3.8, 4) is 0 Å². The fraction of sp³-hybridized carbons (Fsp3) is 0.222. The van der Waals surface area contributed by atoms with Gasteiger partial charge in [-0.1, -0.05) is 28.1 Å². The molecule has 0 saturated heterocycles. The number of rotatable bonds is 6. The van der Waals surface area contributed by atoms with Gasteiger partial charge in [-0.05, 0) is 48.9 Å². The zero-order valence-electron chi connectivity index (χ0n) is 13.5. The van der Waals surface area contributed by atoms with Crippen LogP contribution in [0.2, 0.25) is 0 Å². The maximum Gasteiger partial charge on any atom is 0.237 e. The van der Waals surface area contributed by atoms with Gasteiger partial charge < -0.3 is 10.6 Å². The van der Waals surface area contributed by atoms with Crippen molar-refractivity contribution in [2.75, 3.05) is 10.6 Å². The number of thioether (sulfide) groups is 1. The van der Waals surface area contributed by atoms with Crippen LogP contribution >= 0.6 is 27.7 Å². The van der Waals surface area contributed by atoms with Crippen LogP contribution in [0.3, 0.4) is 0 Å². The highest BCUT2D eigenvalue weighted by Gasteiger charge is 2.13. The fourth-order valence-corrected chi connectivity index (χ4v) is 3.07. The molecule has 0 radical (unpaired) electrons. The predicted molar refractivity (Wildman–Crippen MR) is 104 cm³/mol. The number of hydrogen-bond donors (Lipinski definition) is 2. The van der Waals surface area contributed by atoms with E-state index in [-0.39, 0.29) is 17.1 Å². The van der Waals surface area contributed by atoms with Gasteiger partial charge in [0.15, 0.2) is 0 Å². The summed E-state index contributed by atoms with van der Waals surface area (Å²) in [7, 11) is 0. The molecule has 2 amide bonds. The molecule has 0 unspecified atom stereocenters. The van der Waals surface area contributed by atoms with Crippen LogP contribution in [-0.4, -0.2) is 17.1 Å². The molecule has 0 aliphatic carbocycles. The zero-order valence-corrected chi connectivity index (χ0v) is 15.9. The standard InChI is InChI=1S/C18H19BrN2O2S/c1-12(24-11-14-3-5-15(19)6-4-14)18(23)21-17-9-7-16(8-10-17)20-13(2)22/h3-10,12H,11H2,1-2H3,(H,20,22)(H,21,23)/t12-/m0/s1. The highest BCUT2D eigenvalue weighted by Crippen LogP contribution is 2.21. The first-order valence-corrected chi connectivity index (χ1v) is 9.33. The van der Waals surface area contributed by atoms with Gasteiger partial charge in [0.25, 0.3) is 0 Å². The van der Waals surface area contributed by atoms with Gasteiger partial charge in [0, 0.05) is 28.5 Å². The summed E-state index contributed by atoms with van der Waals surface area (Å²) in [5, 5.41) is 5.42. The van der Waals surface area contributed by atoms with E-state index in [2.05, 4.69) is 26.6 Å². The summed E-state index contributed by atoms with van der Waals surface area (Å²) in [4.78, 5) is 23.2. The summed E-state index contributed by atoms with van der Waals surface area (Å²) < 4.78 is 1.05. The summed E-state index contributed by atoms with van der Waals surface area (Å²) in [6.45, 7) is 3.35. The van der Waals surface area contributed by atoms with Crippen molar-refractivity contribution in [2.45, 2.75) is 24.9 Å². The fourth-order valence-electron chi connectivity index (χ4n) is 1.96. The second-order valence-corrected chi connectivity index (χ2v) is 7.57. The van der Waals surface area contributed by atoms with E-state index in [4.69, 9.17) is 0 Å². The second kappa shape index (κ2) is 8.89. The first kappa shape index (κ1) is 18.5. The third-order valence-corrected chi connectivity index (χ3v) is 5.00. The van der Waals surface area contributed by atoms with E-state index in [0.29, 0.717) is 11.4 Å². The summed E-state index contributed by atoms with van der Waals surface area (Å²) in [6, 6.07) is 15.2. The molecule has 0 aliphatic rings. The van der Waals surface area contributed by atoms with Crippen LogP contribution in [0.15, 0.2) is 53.0 Å². The van der Waals surface area contributed by atoms with Gasteiger partial charge in [-0.25, -0.2) is 0 Å². The van der Waals surface area contributed by atoms with Gasteiger partial charge in [0.1, 0.15) is 0 Å². The summed E-state index contributed by atoms with van der Waals surface area (Å²) >= 11 is 5.00. The molecule has 0 bridgehead atoms. The lowest BCUT2D eigenvalue weighted by molar-refractivity contribution is -0.115. The minimum absolute atomic E-state index is 0.0376. The molecule has 0 aromatic heterocycles. The lowest BCUT2D eigenvalue weighted by atomic mass is 10.2. The molecule has 0 spiro atoms. The van der Waals surface area contributed by atoms with Crippen molar-refractivity contribution in [3.05, 3.63) is 58.6 Å². The molecule has 0 heterocycles.